The predicted molar refractivity (Wildman–Crippen MR) is 99.6 cm³/mol. The van der Waals surface area contributed by atoms with E-state index in [1.54, 1.807) is 4.90 Å². The van der Waals surface area contributed by atoms with Gasteiger partial charge < -0.3 is 16.0 Å². The lowest BCUT2D eigenvalue weighted by atomic mass is 9.90. The molecule has 27 heavy (non-hydrogen) atoms. The highest BCUT2D eigenvalue weighted by atomic mass is 16.2. The van der Waals surface area contributed by atoms with Crippen molar-refractivity contribution < 1.29 is 14.4 Å². The highest BCUT2D eigenvalue weighted by Gasteiger charge is 2.40. The van der Waals surface area contributed by atoms with Crippen LogP contribution in [0.5, 0.6) is 0 Å². The summed E-state index contributed by atoms with van der Waals surface area (Å²) in [7, 11) is 0. The quantitative estimate of drug-likeness (QED) is 0.680. The first-order valence-electron chi connectivity index (χ1n) is 9.79. The first-order chi connectivity index (χ1) is 13.0. The van der Waals surface area contributed by atoms with Crippen LogP contribution in [0.4, 0.5) is 0 Å². The Kier molecular flexibility index (Phi) is 4.97. The molecule has 1 aliphatic carbocycles. The number of amides is 3. The van der Waals surface area contributed by atoms with Crippen LogP contribution in [-0.4, -0.2) is 40.7 Å². The van der Waals surface area contributed by atoms with Gasteiger partial charge in [-0.05, 0) is 30.4 Å². The van der Waals surface area contributed by atoms with Gasteiger partial charge in [-0.25, -0.2) is 0 Å². The fourth-order valence-corrected chi connectivity index (χ4v) is 4.49. The molecule has 3 atom stereocenters. The Morgan fingerprint density at radius 2 is 1.96 bits per heavy atom. The molecule has 4 N–H and O–H groups in total. The van der Waals surface area contributed by atoms with Crippen LogP contribution in [0.2, 0.25) is 0 Å². The number of piperidine rings is 1. The number of rotatable bonds is 4. The molecule has 7 nitrogen and oxygen atoms in total. The van der Waals surface area contributed by atoms with Crippen LogP contribution >= 0.6 is 0 Å². The van der Waals surface area contributed by atoms with Gasteiger partial charge in [0, 0.05) is 37.2 Å². The van der Waals surface area contributed by atoms with Crippen molar-refractivity contribution in [3.8, 4) is 0 Å². The first-order valence-corrected chi connectivity index (χ1v) is 9.79. The second-order valence-electron chi connectivity index (χ2n) is 7.79. The number of nitrogens with two attached hydrogens (primary N) is 1. The number of nitrogens with zero attached hydrogens (tertiary/aromatic N) is 1. The molecule has 2 fully saturated rings. The Bertz CT molecular complexity index is 778. The van der Waals surface area contributed by atoms with Gasteiger partial charge in [-0.15, -0.1) is 0 Å². The number of nitrogens with one attached hydrogen (secondary N) is 2. The summed E-state index contributed by atoms with van der Waals surface area (Å²) < 4.78 is 0. The van der Waals surface area contributed by atoms with Crippen LogP contribution in [0, 0.1) is 0 Å². The molecule has 0 spiro atoms. The first kappa shape index (κ1) is 18.1. The van der Waals surface area contributed by atoms with Gasteiger partial charge in [0.25, 0.3) is 5.91 Å². The van der Waals surface area contributed by atoms with Crippen LogP contribution in [0.3, 0.4) is 0 Å². The standard InChI is InChI=1S/C20H26N4O3/c21-14-6-1-2-7-15(14)22-10-12-4-3-5-13-11-24(20(27)18(12)13)16-8-9-17(25)23-19(16)26/h3-5,14-16,22H,1-2,6-11,21H2,(H,23,25,26)/t14-,15-,16?/m0/s1. The van der Waals surface area contributed by atoms with E-state index in [2.05, 4.69) is 10.6 Å². The van der Waals surface area contributed by atoms with Gasteiger partial charge in [-0.1, -0.05) is 31.0 Å². The molecule has 0 aromatic heterocycles. The van der Waals surface area contributed by atoms with Crippen molar-refractivity contribution in [2.24, 2.45) is 5.73 Å². The third-order valence-electron chi connectivity index (χ3n) is 6.01. The summed E-state index contributed by atoms with van der Waals surface area (Å²) in [6.45, 7) is 1.01. The lowest BCUT2D eigenvalue weighted by molar-refractivity contribution is -0.136. The molecule has 7 heteroatoms. The Hall–Kier alpha value is -2.25. The number of fused-ring (bicyclic) bond motifs is 1. The van der Waals surface area contributed by atoms with Crippen LogP contribution in [-0.2, 0) is 22.7 Å². The number of carbonyl (C=O) groups is 3. The molecule has 3 amide bonds. The largest absolute Gasteiger partial charge is 0.326 e. The molecule has 1 unspecified atom stereocenters. The Morgan fingerprint density at radius 1 is 1.15 bits per heavy atom. The Morgan fingerprint density at radius 3 is 2.74 bits per heavy atom. The van der Waals surface area contributed by atoms with Crippen LogP contribution in [0.25, 0.3) is 0 Å². The van der Waals surface area contributed by atoms with Gasteiger partial charge in [-0.2, -0.15) is 0 Å². The van der Waals surface area contributed by atoms with Crippen molar-refractivity contribution in [2.45, 2.75) is 69.7 Å². The minimum Gasteiger partial charge on any atom is -0.326 e. The van der Waals surface area contributed by atoms with Gasteiger partial charge in [-0.3, -0.25) is 19.7 Å². The monoisotopic (exact) mass is 370 g/mol. The third-order valence-corrected chi connectivity index (χ3v) is 6.01. The zero-order valence-electron chi connectivity index (χ0n) is 15.4. The maximum absolute atomic E-state index is 13.1. The van der Waals surface area contributed by atoms with Crippen LogP contribution < -0.4 is 16.4 Å². The molecule has 1 aromatic rings. The van der Waals surface area contributed by atoms with E-state index in [-0.39, 0.29) is 36.2 Å². The van der Waals surface area contributed by atoms with Gasteiger partial charge in [0.15, 0.2) is 0 Å². The molecule has 1 saturated carbocycles. The van der Waals surface area contributed by atoms with E-state index < -0.39 is 6.04 Å². The van der Waals surface area contributed by atoms with Crippen molar-refractivity contribution in [3.63, 3.8) is 0 Å². The van der Waals surface area contributed by atoms with Crippen LogP contribution in [0.15, 0.2) is 18.2 Å². The summed E-state index contributed by atoms with van der Waals surface area (Å²) >= 11 is 0. The number of carbonyl (C=O) groups excluding carboxylic acids is 3. The fraction of sp³-hybridized carbons (Fsp3) is 0.550. The van der Waals surface area contributed by atoms with Crippen molar-refractivity contribution in [1.82, 2.24) is 15.5 Å². The fourth-order valence-electron chi connectivity index (χ4n) is 4.49. The summed E-state index contributed by atoms with van der Waals surface area (Å²) in [6.07, 6.45) is 5.11. The lowest BCUT2D eigenvalue weighted by Crippen LogP contribution is -2.52. The van der Waals surface area contributed by atoms with Crippen molar-refractivity contribution in [3.05, 3.63) is 34.9 Å². The zero-order chi connectivity index (χ0) is 19.0. The minimum atomic E-state index is -0.574. The number of imide groups is 1. The molecular formula is C20H26N4O3. The van der Waals surface area contributed by atoms with E-state index in [0.29, 0.717) is 25.1 Å². The molecule has 4 rings (SSSR count). The molecule has 0 bridgehead atoms. The third kappa shape index (κ3) is 3.49. The average Bonchev–Trinajstić information content (AvgIpc) is 2.98. The van der Waals surface area contributed by atoms with E-state index in [1.165, 1.54) is 12.8 Å². The van der Waals surface area contributed by atoms with E-state index in [9.17, 15) is 14.4 Å². The second kappa shape index (κ2) is 7.40. The maximum atomic E-state index is 13.1. The van der Waals surface area contributed by atoms with Gasteiger partial charge in [0.2, 0.25) is 11.8 Å². The van der Waals surface area contributed by atoms with Gasteiger partial charge in [0.05, 0.1) is 0 Å². The molecule has 2 aliphatic heterocycles. The SMILES string of the molecule is N[C@H]1CCCC[C@@H]1NCc1cccc2c1C(=O)N(C1CCC(=O)NC1=O)C2. The van der Waals surface area contributed by atoms with E-state index in [0.717, 1.165) is 24.0 Å². The van der Waals surface area contributed by atoms with Crippen molar-refractivity contribution in [1.29, 1.82) is 0 Å². The zero-order valence-corrected chi connectivity index (χ0v) is 15.4. The smallest absolute Gasteiger partial charge is 0.255 e. The number of hydrogen-bond donors (Lipinski definition) is 3. The Labute approximate surface area is 158 Å². The molecule has 3 aliphatic rings. The normalized spacial score (nSPS) is 28.3. The number of benzene rings is 1. The predicted octanol–water partition coefficient (Wildman–Crippen LogP) is 0.807. The van der Waals surface area contributed by atoms with E-state index >= 15 is 0 Å². The van der Waals surface area contributed by atoms with E-state index in [1.807, 2.05) is 18.2 Å². The number of hydrogen-bond acceptors (Lipinski definition) is 5. The summed E-state index contributed by atoms with van der Waals surface area (Å²) in [4.78, 5) is 38.3. The molecular weight excluding hydrogens is 344 g/mol. The molecule has 144 valence electrons. The van der Waals surface area contributed by atoms with E-state index in [4.69, 9.17) is 5.73 Å². The van der Waals surface area contributed by atoms with Gasteiger partial charge >= 0.3 is 0 Å². The summed E-state index contributed by atoms with van der Waals surface area (Å²) in [6, 6.07) is 5.72. The summed E-state index contributed by atoms with van der Waals surface area (Å²) in [5.74, 6) is -0.765. The van der Waals surface area contributed by atoms with Crippen molar-refractivity contribution >= 4 is 17.7 Å². The summed E-state index contributed by atoms with van der Waals surface area (Å²) in [5.41, 5.74) is 8.80. The lowest BCUT2D eigenvalue weighted by Gasteiger charge is -2.30. The van der Waals surface area contributed by atoms with Crippen LogP contribution in [0.1, 0.15) is 60.0 Å². The Balaban J connectivity index is 1.49. The van der Waals surface area contributed by atoms with Gasteiger partial charge in [0.1, 0.15) is 6.04 Å². The molecule has 0 radical (unpaired) electrons. The molecule has 1 saturated heterocycles. The topological polar surface area (TPSA) is 105 Å². The van der Waals surface area contributed by atoms with Crippen molar-refractivity contribution in [2.75, 3.05) is 0 Å². The second-order valence-corrected chi connectivity index (χ2v) is 7.79. The highest BCUT2D eigenvalue weighted by Crippen LogP contribution is 2.30. The molecule has 1 aromatic carbocycles. The maximum Gasteiger partial charge on any atom is 0.255 e. The minimum absolute atomic E-state index is 0.121. The summed E-state index contributed by atoms with van der Waals surface area (Å²) in [5, 5.41) is 5.87. The average molecular weight is 370 g/mol. The molecule has 2 heterocycles. The highest BCUT2D eigenvalue weighted by molar-refractivity contribution is 6.05.